The third-order valence-corrected chi connectivity index (χ3v) is 6.13. The largest absolute Gasteiger partial charge is 0.365 e. The number of aromatic nitrogens is 1. The molecule has 0 spiro atoms. The summed E-state index contributed by atoms with van der Waals surface area (Å²) in [6.45, 7) is 0. The number of nitrogens with two attached hydrogens (primary N) is 1. The zero-order valence-corrected chi connectivity index (χ0v) is 13.3. The Hall–Kier alpha value is -2.17. The Morgan fingerprint density at radius 3 is 2.73 bits per heavy atom. The Morgan fingerprint density at radius 2 is 2.14 bits per heavy atom. The zero-order valence-electron chi connectivity index (χ0n) is 10.8. The van der Waals surface area contributed by atoms with Crippen LogP contribution in [0.1, 0.15) is 10.4 Å². The van der Waals surface area contributed by atoms with Crippen molar-refractivity contribution in [1.29, 1.82) is 0 Å². The summed E-state index contributed by atoms with van der Waals surface area (Å²) in [7, 11) is -3.85. The average molecular weight is 355 g/mol. The molecule has 7 nitrogen and oxygen atoms in total. The third-order valence-electron chi connectivity index (χ3n) is 2.72. The van der Waals surface area contributed by atoms with Crippen LogP contribution in [-0.4, -0.2) is 19.5 Å². The molecule has 0 aliphatic rings. The molecule has 3 N–H and O–H groups in total. The number of anilines is 1. The van der Waals surface area contributed by atoms with Crippen molar-refractivity contribution in [3.63, 3.8) is 0 Å². The van der Waals surface area contributed by atoms with E-state index in [1.807, 2.05) is 0 Å². The van der Waals surface area contributed by atoms with Gasteiger partial charge in [0.2, 0.25) is 0 Å². The van der Waals surface area contributed by atoms with Crippen molar-refractivity contribution in [2.75, 3.05) is 4.72 Å². The van der Waals surface area contributed by atoms with Crippen LogP contribution in [0.5, 0.6) is 0 Å². The van der Waals surface area contributed by atoms with E-state index in [1.54, 1.807) is 28.3 Å². The van der Waals surface area contributed by atoms with Crippen LogP contribution in [0.15, 0.2) is 43.1 Å². The van der Waals surface area contributed by atoms with E-state index in [9.17, 15) is 13.2 Å². The maximum absolute atomic E-state index is 12.2. The molecule has 0 saturated carbocycles. The fourth-order valence-electron chi connectivity index (χ4n) is 1.77. The number of carbonyl (C=O) groups is 1. The lowest BCUT2D eigenvalue weighted by atomic mass is 10.1. The number of nitrogens with one attached hydrogen (secondary N) is 1. The highest BCUT2D eigenvalue weighted by Gasteiger charge is 2.26. The summed E-state index contributed by atoms with van der Waals surface area (Å²) in [5, 5.41) is 8.93. The topological polar surface area (TPSA) is 115 Å². The van der Waals surface area contributed by atoms with Crippen LogP contribution in [-0.2, 0) is 10.0 Å². The minimum absolute atomic E-state index is 0.0939. The fraction of sp³-hybridized carbons (Fsp3) is 0. The normalized spacial score (nSPS) is 11.5. The number of sulfonamides is 1. The number of hydrogen-bond donors (Lipinski definition) is 2. The molecule has 0 bridgehead atoms. The molecule has 3 aromatic heterocycles. The Balaban J connectivity index is 2.04. The summed E-state index contributed by atoms with van der Waals surface area (Å²) >= 11 is 2.45. The number of hydrogen-bond acceptors (Lipinski definition) is 7. The zero-order chi connectivity index (χ0) is 15.7. The molecule has 10 heteroatoms. The predicted octanol–water partition coefficient (Wildman–Crippen LogP) is 2.36. The number of amides is 1. The molecule has 22 heavy (non-hydrogen) atoms. The van der Waals surface area contributed by atoms with Crippen LogP contribution in [0.4, 0.5) is 5.88 Å². The Kier molecular flexibility index (Phi) is 3.72. The second kappa shape index (κ2) is 5.55. The number of primary amides is 1. The van der Waals surface area contributed by atoms with Gasteiger partial charge >= 0.3 is 0 Å². The van der Waals surface area contributed by atoms with Crippen molar-refractivity contribution >= 4 is 44.5 Å². The van der Waals surface area contributed by atoms with Gasteiger partial charge in [-0.25, -0.2) is 13.1 Å². The first-order valence-electron chi connectivity index (χ1n) is 5.87. The first-order chi connectivity index (χ1) is 10.5. The highest BCUT2D eigenvalue weighted by molar-refractivity contribution is 7.94. The van der Waals surface area contributed by atoms with Crippen LogP contribution < -0.4 is 10.5 Å². The van der Waals surface area contributed by atoms with E-state index < -0.39 is 15.9 Å². The third kappa shape index (κ3) is 2.63. The number of nitrogens with zero attached hydrogens (tertiary/aromatic N) is 1. The SMILES string of the molecule is NC(=O)c1c(-c2ccsc2)noc1NS(=O)(=O)c1cccs1. The summed E-state index contributed by atoms with van der Waals surface area (Å²) in [6.07, 6.45) is 0. The van der Waals surface area contributed by atoms with Crippen LogP contribution >= 0.6 is 22.7 Å². The minimum atomic E-state index is -3.85. The lowest BCUT2D eigenvalue weighted by molar-refractivity contribution is 0.100. The fourth-order valence-corrected chi connectivity index (χ4v) is 4.40. The van der Waals surface area contributed by atoms with Crippen molar-refractivity contribution in [2.45, 2.75) is 4.21 Å². The number of rotatable bonds is 5. The van der Waals surface area contributed by atoms with Gasteiger partial charge in [0.15, 0.2) is 0 Å². The summed E-state index contributed by atoms with van der Waals surface area (Å²) in [4.78, 5) is 11.7. The molecule has 0 radical (unpaired) electrons. The maximum Gasteiger partial charge on any atom is 0.273 e. The molecule has 1 amide bonds. The van der Waals surface area contributed by atoms with Crippen LogP contribution in [0, 0.1) is 0 Å². The first kappa shape index (κ1) is 14.8. The van der Waals surface area contributed by atoms with Gasteiger partial charge in [-0.3, -0.25) is 4.79 Å². The number of thiophene rings is 2. The summed E-state index contributed by atoms with van der Waals surface area (Å²) < 4.78 is 31.7. The van der Waals surface area contributed by atoms with E-state index >= 15 is 0 Å². The van der Waals surface area contributed by atoms with Gasteiger partial charge in [-0.1, -0.05) is 11.2 Å². The Bertz CT molecular complexity index is 896. The van der Waals surface area contributed by atoms with Gasteiger partial charge in [0.25, 0.3) is 21.8 Å². The van der Waals surface area contributed by atoms with Gasteiger partial charge in [-0.2, -0.15) is 11.3 Å². The van der Waals surface area contributed by atoms with Gasteiger partial charge in [-0.15, -0.1) is 11.3 Å². The molecule has 0 saturated heterocycles. The molecule has 0 aliphatic carbocycles. The van der Waals surface area contributed by atoms with Crippen LogP contribution in [0.2, 0.25) is 0 Å². The highest BCUT2D eigenvalue weighted by atomic mass is 32.2. The second-order valence-electron chi connectivity index (χ2n) is 4.15. The lowest BCUT2D eigenvalue weighted by Crippen LogP contribution is -2.17. The molecule has 3 aromatic rings. The average Bonchev–Trinajstić information content (AvgIpc) is 3.19. The molecular formula is C12H9N3O4S3. The Morgan fingerprint density at radius 1 is 1.32 bits per heavy atom. The van der Waals surface area contributed by atoms with Crippen molar-refractivity contribution < 1.29 is 17.7 Å². The van der Waals surface area contributed by atoms with Gasteiger partial charge in [0.1, 0.15) is 15.5 Å². The van der Waals surface area contributed by atoms with Gasteiger partial charge in [0, 0.05) is 10.9 Å². The smallest absolute Gasteiger partial charge is 0.273 e. The van der Waals surface area contributed by atoms with Crippen molar-refractivity contribution in [3.05, 3.63) is 39.9 Å². The van der Waals surface area contributed by atoms with Gasteiger partial charge < -0.3 is 10.3 Å². The van der Waals surface area contributed by atoms with Gasteiger partial charge in [-0.05, 0) is 22.9 Å². The molecule has 3 heterocycles. The van der Waals surface area contributed by atoms with Crippen molar-refractivity contribution in [3.8, 4) is 11.3 Å². The van der Waals surface area contributed by atoms with E-state index in [0.717, 1.165) is 11.3 Å². The second-order valence-corrected chi connectivity index (χ2v) is 7.79. The molecule has 3 rings (SSSR count). The van der Waals surface area contributed by atoms with E-state index in [4.69, 9.17) is 10.3 Å². The van der Waals surface area contributed by atoms with E-state index in [2.05, 4.69) is 9.88 Å². The molecule has 0 fully saturated rings. The highest BCUT2D eigenvalue weighted by Crippen LogP contribution is 2.31. The molecule has 0 atom stereocenters. The molecular weight excluding hydrogens is 346 g/mol. The van der Waals surface area contributed by atoms with E-state index in [0.29, 0.717) is 5.56 Å². The van der Waals surface area contributed by atoms with E-state index in [1.165, 1.54) is 17.4 Å². The molecule has 114 valence electrons. The van der Waals surface area contributed by atoms with Crippen molar-refractivity contribution in [1.82, 2.24) is 5.16 Å². The monoisotopic (exact) mass is 355 g/mol. The standard InChI is InChI=1S/C12H9N3O4S3/c13-11(16)9-10(7-3-5-20-6-7)14-19-12(9)15-22(17,18)8-2-1-4-21-8/h1-6,15H,(H2,13,16). The predicted molar refractivity (Wildman–Crippen MR) is 83.5 cm³/mol. The molecule has 0 aliphatic heterocycles. The Labute approximate surface area is 133 Å². The lowest BCUT2D eigenvalue weighted by Gasteiger charge is -2.03. The summed E-state index contributed by atoms with van der Waals surface area (Å²) in [5.74, 6) is -1.12. The van der Waals surface area contributed by atoms with Crippen LogP contribution in [0.3, 0.4) is 0 Å². The maximum atomic E-state index is 12.2. The van der Waals surface area contributed by atoms with Crippen molar-refractivity contribution in [2.24, 2.45) is 5.73 Å². The molecule has 0 unspecified atom stereocenters. The summed E-state index contributed by atoms with van der Waals surface area (Å²) in [5.41, 5.74) is 6.07. The first-order valence-corrected chi connectivity index (χ1v) is 9.18. The minimum Gasteiger partial charge on any atom is -0.365 e. The van der Waals surface area contributed by atoms with Gasteiger partial charge in [0.05, 0.1) is 0 Å². The van der Waals surface area contributed by atoms with E-state index in [-0.39, 0.29) is 21.4 Å². The number of carbonyl (C=O) groups excluding carboxylic acids is 1. The summed E-state index contributed by atoms with van der Waals surface area (Å²) in [6, 6.07) is 4.77. The quantitative estimate of drug-likeness (QED) is 0.729. The van der Waals surface area contributed by atoms with Crippen LogP contribution in [0.25, 0.3) is 11.3 Å². The molecule has 0 aromatic carbocycles.